The Balaban J connectivity index is 2.60. The fourth-order valence-electron chi connectivity index (χ4n) is 0.851. The van der Waals surface area contributed by atoms with E-state index in [0.717, 1.165) is 5.56 Å². The van der Waals surface area contributed by atoms with Gasteiger partial charge in [0.1, 0.15) is 5.82 Å². The minimum Gasteiger partial charge on any atom is -0.290 e. The largest absolute Gasteiger partial charge is 0.358 e. The molecule has 1 aromatic carbocycles. The van der Waals surface area contributed by atoms with Gasteiger partial charge in [0.05, 0.1) is 6.54 Å². The summed E-state index contributed by atoms with van der Waals surface area (Å²) < 4.78 is 12.5. The molecule has 0 bridgehead atoms. The van der Waals surface area contributed by atoms with Crippen molar-refractivity contribution in [2.75, 3.05) is 0 Å². The Bertz CT molecular complexity index is 294. The molecule has 0 saturated heterocycles. The Kier molecular flexibility index (Phi) is 3.22. The molecule has 4 nitrogen and oxygen atoms in total. The average molecular weight is 183 g/mol. The van der Waals surface area contributed by atoms with Crippen molar-refractivity contribution in [1.29, 1.82) is 0 Å². The fourth-order valence-corrected chi connectivity index (χ4v) is 0.851. The topological polar surface area (TPSA) is 78.0 Å². The molecule has 0 aromatic heterocycles. The van der Waals surface area contributed by atoms with Gasteiger partial charge in [0.25, 0.3) is 0 Å². The minimum atomic E-state index is -0.252. The van der Waals surface area contributed by atoms with Crippen LogP contribution in [-0.4, -0.2) is 5.96 Å². The number of guanidine groups is 1. The molecular formula is C8H12FN4+. The second-order valence-corrected chi connectivity index (χ2v) is 2.54. The van der Waals surface area contributed by atoms with E-state index in [9.17, 15) is 4.39 Å². The molecule has 5 heteroatoms. The minimum absolute atomic E-state index is 0.252. The van der Waals surface area contributed by atoms with Crippen LogP contribution in [0, 0.1) is 5.82 Å². The molecule has 0 aliphatic heterocycles. The van der Waals surface area contributed by atoms with Crippen molar-refractivity contribution in [3.63, 3.8) is 0 Å². The molecule has 1 rings (SSSR count). The van der Waals surface area contributed by atoms with Crippen LogP contribution < -0.4 is 22.0 Å². The van der Waals surface area contributed by atoms with E-state index in [-0.39, 0.29) is 11.8 Å². The number of hydrogen-bond donors (Lipinski definition) is 4. The smallest absolute Gasteiger partial charge is 0.290 e. The lowest BCUT2D eigenvalue weighted by Gasteiger charge is -1.95. The molecule has 0 atom stereocenters. The molecule has 0 aliphatic rings. The summed E-state index contributed by atoms with van der Waals surface area (Å²) in [6.07, 6.45) is 0. The number of rotatable bonds is 2. The van der Waals surface area contributed by atoms with Gasteiger partial charge in [0, 0.05) is 0 Å². The normalized spacial score (nSPS) is 11.4. The van der Waals surface area contributed by atoms with Crippen LogP contribution in [0.4, 0.5) is 4.39 Å². The van der Waals surface area contributed by atoms with E-state index < -0.39 is 0 Å². The third-order valence-corrected chi connectivity index (χ3v) is 1.55. The second-order valence-electron chi connectivity index (χ2n) is 2.54. The van der Waals surface area contributed by atoms with E-state index in [1.54, 1.807) is 12.1 Å². The molecule has 0 unspecified atom stereocenters. The van der Waals surface area contributed by atoms with Gasteiger partial charge in [0.15, 0.2) is 0 Å². The molecule has 13 heavy (non-hydrogen) atoms. The molecule has 6 N–H and O–H groups in total. The number of hydrazine groups is 1. The van der Waals surface area contributed by atoms with Gasteiger partial charge in [-0.25, -0.2) is 9.82 Å². The summed E-state index contributed by atoms with van der Waals surface area (Å²) in [6, 6.07) is 6.13. The first-order chi connectivity index (χ1) is 6.22. The van der Waals surface area contributed by atoms with Crippen molar-refractivity contribution in [2.24, 2.45) is 11.6 Å². The van der Waals surface area contributed by atoms with Gasteiger partial charge < -0.3 is 0 Å². The fraction of sp³-hybridized carbons (Fsp3) is 0.125. The van der Waals surface area contributed by atoms with E-state index in [2.05, 4.69) is 10.4 Å². The van der Waals surface area contributed by atoms with E-state index in [1.165, 1.54) is 12.1 Å². The zero-order valence-corrected chi connectivity index (χ0v) is 7.05. The summed E-state index contributed by atoms with van der Waals surface area (Å²) in [6.45, 7) is 0.510. The molecule has 0 radical (unpaired) electrons. The summed E-state index contributed by atoms with van der Waals surface area (Å²) in [5, 5.41) is 0. The highest BCUT2D eigenvalue weighted by molar-refractivity contribution is 5.70. The summed E-state index contributed by atoms with van der Waals surface area (Å²) >= 11 is 0. The van der Waals surface area contributed by atoms with Crippen LogP contribution in [0.15, 0.2) is 24.3 Å². The highest BCUT2D eigenvalue weighted by Gasteiger charge is 1.95. The summed E-state index contributed by atoms with van der Waals surface area (Å²) in [4.78, 5) is 2.80. The third-order valence-electron chi connectivity index (χ3n) is 1.55. The van der Waals surface area contributed by atoms with E-state index in [0.29, 0.717) is 6.54 Å². The van der Waals surface area contributed by atoms with Crippen LogP contribution in [0.2, 0.25) is 0 Å². The Morgan fingerprint density at radius 3 is 2.54 bits per heavy atom. The maximum Gasteiger partial charge on any atom is 0.358 e. The monoisotopic (exact) mass is 183 g/mol. The van der Waals surface area contributed by atoms with E-state index in [1.807, 2.05) is 0 Å². The molecule has 0 spiro atoms. The predicted octanol–water partition coefficient (Wildman–Crippen LogP) is -1.82. The van der Waals surface area contributed by atoms with Crippen molar-refractivity contribution in [3.05, 3.63) is 35.6 Å². The van der Waals surface area contributed by atoms with E-state index >= 15 is 0 Å². The van der Waals surface area contributed by atoms with Gasteiger partial charge in [-0.3, -0.25) is 10.7 Å². The molecule has 0 aliphatic carbocycles. The Morgan fingerprint density at radius 2 is 2.00 bits per heavy atom. The first-order valence-electron chi connectivity index (χ1n) is 3.79. The van der Waals surface area contributed by atoms with Crippen LogP contribution in [0.25, 0.3) is 0 Å². The van der Waals surface area contributed by atoms with Crippen LogP contribution in [0.5, 0.6) is 0 Å². The van der Waals surface area contributed by atoms with Crippen molar-refractivity contribution in [2.45, 2.75) is 6.54 Å². The van der Waals surface area contributed by atoms with Crippen LogP contribution in [0.3, 0.4) is 0 Å². The van der Waals surface area contributed by atoms with Crippen LogP contribution >= 0.6 is 0 Å². The lowest BCUT2D eigenvalue weighted by atomic mass is 10.2. The Labute approximate surface area is 75.4 Å². The standard InChI is InChI=1S/C8H11FN4/c9-7-3-1-6(2-4-7)5-12-8(10)13-11/h1-4H,5,11H2,(H3,10,12,13)/p+1. The number of nitrogens with one attached hydrogen (secondary N) is 2. The highest BCUT2D eigenvalue weighted by Crippen LogP contribution is 1.99. The second kappa shape index (κ2) is 4.42. The molecular weight excluding hydrogens is 171 g/mol. The Hall–Kier alpha value is -1.62. The first-order valence-corrected chi connectivity index (χ1v) is 3.79. The average Bonchev–Trinajstić information content (AvgIpc) is 2.16. The van der Waals surface area contributed by atoms with E-state index in [4.69, 9.17) is 11.6 Å². The lowest BCUT2D eigenvalue weighted by molar-refractivity contribution is -0.478. The van der Waals surface area contributed by atoms with Crippen molar-refractivity contribution >= 4 is 5.96 Å². The van der Waals surface area contributed by atoms with Crippen molar-refractivity contribution < 1.29 is 9.38 Å². The van der Waals surface area contributed by atoms with Gasteiger partial charge >= 0.3 is 5.96 Å². The molecule has 1 aromatic rings. The maximum atomic E-state index is 12.5. The van der Waals surface area contributed by atoms with Gasteiger partial charge in [-0.2, -0.15) is 5.84 Å². The highest BCUT2D eigenvalue weighted by atomic mass is 19.1. The summed E-state index contributed by atoms with van der Waals surface area (Å²) in [5.41, 5.74) is 8.53. The van der Waals surface area contributed by atoms with Gasteiger partial charge in [-0.05, 0) is 17.7 Å². The number of nitrogens with two attached hydrogens (primary N) is 2. The Morgan fingerprint density at radius 1 is 1.38 bits per heavy atom. The molecule has 0 saturated carbocycles. The predicted molar refractivity (Wildman–Crippen MR) is 47.6 cm³/mol. The lowest BCUT2D eigenvalue weighted by Crippen LogP contribution is -2.78. The number of benzene rings is 1. The van der Waals surface area contributed by atoms with Gasteiger partial charge in [0.2, 0.25) is 0 Å². The van der Waals surface area contributed by atoms with Gasteiger partial charge in [-0.15, -0.1) is 0 Å². The molecule has 0 fully saturated rings. The van der Waals surface area contributed by atoms with Gasteiger partial charge in [-0.1, -0.05) is 12.1 Å². The zero-order chi connectivity index (χ0) is 9.68. The molecule has 0 heterocycles. The first kappa shape index (κ1) is 9.47. The van der Waals surface area contributed by atoms with Crippen molar-refractivity contribution in [1.82, 2.24) is 5.43 Å². The molecule has 70 valence electrons. The third kappa shape index (κ3) is 3.08. The zero-order valence-electron chi connectivity index (χ0n) is 7.05. The quantitative estimate of drug-likeness (QED) is 0.189. The summed E-state index contributed by atoms with van der Waals surface area (Å²) in [5.74, 6) is 5.06. The van der Waals surface area contributed by atoms with Crippen LogP contribution in [0.1, 0.15) is 5.56 Å². The maximum absolute atomic E-state index is 12.5. The van der Waals surface area contributed by atoms with Crippen LogP contribution in [-0.2, 0) is 6.54 Å². The number of hydrogen-bond acceptors (Lipinski definition) is 1. The molecule has 0 amide bonds. The summed E-state index contributed by atoms with van der Waals surface area (Å²) in [7, 11) is 0. The van der Waals surface area contributed by atoms with Crippen molar-refractivity contribution in [3.8, 4) is 0 Å². The number of halogens is 1. The SMILES string of the molecule is NNC(N)=[NH+]Cc1ccc(F)cc1.